The van der Waals surface area contributed by atoms with Crippen LogP contribution in [-0.4, -0.2) is 81.1 Å². The molecule has 1 atom stereocenters. The number of sulfonamides is 1. The maximum atomic E-state index is 13.7. The number of rotatable bonds is 6. The summed E-state index contributed by atoms with van der Waals surface area (Å²) in [7, 11) is -2.37. The third-order valence-electron chi connectivity index (χ3n) is 8.06. The molecule has 1 unspecified atom stereocenters. The molecule has 4 heterocycles. The minimum Gasteiger partial charge on any atom is -0.495 e. The van der Waals surface area contributed by atoms with E-state index in [9.17, 15) is 21.6 Å². The van der Waals surface area contributed by atoms with Gasteiger partial charge in [-0.05, 0) is 30.9 Å². The van der Waals surface area contributed by atoms with Crippen molar-refractivity contribution in [3.05, 3.63) is 35.5 Å². The largest absolute Gasteiger partial charge is 0.495 e. The van der Waals surface area contributed by atoms with Crippen molar-refractivity contribution in [1.29, 1.82) is 0 Å². The quantitative estimate of drug-likeness (QED) is 0.398. The van der Waals surface area contributed by atoms with Crippen molar-refractivity contribution in [1.82, 2.24) is 14.2 Å². The fourth-order valence-electron chi connectivity index (χ4n) is 5.63. The molecule has 2 aromatic rings. The van der Waals surface area contributed by atoms with E-state index in [-0.39, 0.29) is 28.0 Å². The predicted molar refractivity (Wildman–Crippen MR) is 148 cm³/mol. The number of benzene rings is 1. The standard InChI is InChI=1S/C26H36F3N7O4S/c1-16(2)25(30)22-19(26(27,28)29)15-31-23(22)33-24(34-25)32-20-5-4-18(14-21(20)39-3)41(37,38)36-8-6-17(7-9-36)35-10-12-40-13-11-35/h4-5,14-17,31H,6-13,30H2,1-3H3,(H2,32,33,34). The van der Waals surface area contributed by atoms with Gasteiger partial charge >= 0.3 is 6.18 Å². The number of hydrogen-bond donors (Lipinski definition) is 4. The zero-order valence-electron chi connectivity index (χ0n) is 23.2. The highest BCUT2D eigenvalue weighted by atomic mass is 32.2. The first kappa shape index (κ1) is 29.6. The second-order valence-electron chi connectivity index (χ2n) is 10.8. The maximum absolute atomic E-state index is 13.7. The Morgan fingerprint density at radius 2 is 1.88 bits per heavy atom. The lowest BCUT2D eigenvalue weighted by molar-refractivity contribution is -0.138. The number of aromatic amines is 1. The number of H-pyrrole nitrogens is 1. The Hall–Kier alpha value is -2.85. The van der Waals surface area contributed by atoms with Gasteiger partial charge in [-0.25, -0.2) is 13.4 Å². The van der Waals surface area contributed by atoms with E-state index >= 15 is 0 Å². The van der Waals surface area contributed by atoms with Crippen LogP contribution < -0.4 is 21.1 Å². The molecule has 3 aliphatic rings. The van der Waals surface area contributed by atoms with Gasteiger partial charge in [-0.2, -0.15) is 17.5 Å². The lowest BCUT2D eigenvalue weighted by Crippen LogP contribution is -2.50. The molecule has 0 aliphatic carbocycles. The number of morpholine rings is 1. The van der Waals surface area contributed by atoms with E-state index in [0.29, 0.717) is 38.0 Å². The zero-order chi connectivity index (χ0) is 29.6. The smallest absolute Gasteiger partial charge is 0.418 e. The Labute approximate surface area is 237 Å². The van der Waals surface area contributed by atoms with Crippen LogP contribution in [0.15, 0.2) is 34.3 Å². The van der Waals surface area contributed by atoms with Gasteiger partial charge in [0, 0.05) is 50.0 Å². The number of ether oxygens (including phenoxy) is 2. The van der Waals surface area contributed by atoms with Crippen molar-refractivity contribution in [3.8, 4) is 5.75 Å². The molecule has 1 aromatic heterocycles. The fraction of sp³-hybridized carbons (Fsp3) is 0.577. The number of nitrogens with one attached hydrogen (secondary N) is 3. The van der Waals surface area contributed by atoms with Crippen LogP contribution in [0.1, 0.15) is 37.8 Å². The molecular formula is C26H36F3N7O4S. The number of alkyl halides is 3. The van der Waals surface area contributed by atoms with Crippen LogP contribution in [0.4, 0.5) is 24.7 Å². The van der Waals surface area contributed by atoms with E-state index in [1.165, 1.54) is 29.6 Å². The van der Waals surface area contributed by atoms with Crippen LogP contribution in [0.5, 0.6) is 5.75 Å². The van der Waals surface area contributed by atoms with Crippen LogP contribution in [-0.2, 0) is 26.6 Å². The number of aliphatic imine (C=N–C) groups is 1. The molecule has 2 saturated heterocycles. The highest BCUT2D eigenvalue weighted by molar-refractivity contribution is 7.89. The number of nitrogens with zero attached hydrogens (tertiary/aromatic N) is 3. The summed E-state index contributed by atoms with van der Waals surface area (Å²) in [6.07, 6.45) is -2.26. The third-order valence-corrected chi connectivity index (χ3v) is 9.95. The van der Waals surface area contributed by atoms with Crippen LogP contribution in [0.3, 0.4) is 0 Å². The second kappa shape index (κ2) is 11.1. The minimum atomic E-state index is -4.62. The summed E-state index contributed by atoms with van der Waals surface area (Å²) < 4.78 is 80.5. The Balaban J connectivity index is 1.35. The van der Waals surface area contributed by atoms with Crippen molar-refractivity contribution in [3.63, 3.8) is 0 Å². The van der Waals surface area contributed by atoms with Crippen molar-refractivity contribution in [2.75, 3.05) is 57.1 Å². The van der Waals surface area contributed by atoms with E-state index in [2.05, 4.69) is 25.5 Å². The third kappa shape index (κ3) is 5.65. The van der Waals surface area contributed by atoms with E-state index < -0.39 is 33.3 Å². The first-order chi connectivity index (χ1) is 19.3. The van der Waals surface area contributed by atoms with Crippen molar-refractivity contribution < 1.29 is 31.1 Å². The normalized spacial score (nSPS) is 23.2. The molecule has 0 bridgehead atoms. The van der Waals surface area contributed by atoms with Gasteiger partial charge in [0.25, 0.3) is 0 Å². The lowest BCUT2D eigenvalue weighted by atomic mass is 9.87. The fourth-order valence-corrected chi connectivity index (χ4v) is 7.11. The number of nitrogens with two attached hydrogens (primary N) is 1. The van der Waals surface area contributed by atoms with E-state index in [4.69, 9.17) is 15.2 Å². The average Bonchev–Trinajstić information content (AvgIpc) is 3.39. The van der Waals surface area contributed by atoms with Gasteiger partial charge in [-0.15, -0.1) is 0 Å². The Bertz CT molecular complexity index is 1400. The summed E-state index contributed by atoms with van der Waals surface area (Å²) in [5.74, 6) is -0.105. The minimum absolute atomic E-state index is 0.0738. The predicted octanol–water partition coefficient (Wildman–Crippen LogP) is 3.19. The topological polar surface area (TPSA) is 137 Å². The van der Waals surface area contributed by atoms with Crippen molar-refractivity contribution in [2.45, 2.75) is 49.5 Å². The number of halogens is 3. The summed E-state index contributed by atoms with van der Waals surface area (Å²) in [5, 5.41) is 5.84. The highest BCUT2D eigenvalue weighted by Gasteiger charge is 2.47. The van der Waals surface area contributed by atoms with Crippen LogP contribution in [0.2, 0.25) is 0 Å². The van der Waals surface area contributed by atoms with Gasteiger partial charge in [0.05, 0.1) is 36.5 Å². The molecule has 0 spiro atoms. The van der Waals surface area contributed by atoms with Crippen LogP contribution >= 0.6 is 0 Å². The lowest BCUT2D eigenvalue weighted by Gasteiger charge is -2.39. The first-order valence-electron chi connectivity index (χ1n) is 13.6. The van der Waals surface area contributed by atoms with Gasteiger partial charge in [0.15, 0.2) is 0 Å². The zero-order valence-corrected chi connectivity index (χ0v) is 24.0. The molecule has 15 heteroatoms. The molecule has 3 aliphatic heterocycles. The molecule has 226 valence electrons. The van der Waals surface area contributed by atoms with Gasteiger partial charge < -0.3 is 30.8 Å². The molecule has 1 aromatic carbocycles. The summed E-state index contributed by atoms with van der Waals surface area (Å²) in [6, 6.07) is 4.77. The molecule has 11 nitrogen and oxygen atoms in total. The SMILES string of the molecule is COc1cc(S(=O)(=O)N2CCC(N3CCOCC3)CC2)ccc1NC1=NC(N)(C(C)C)c2c(C(F)(F)F)c[nH]c2N1. The van der Waals surface area contributed by atoms with Gasteiger partial charge in [-0.1, -0.05) is 13.8 Å². The number of methoxy groups -OCH3 is 1. The monoisotopic (exact) mass is 599 g/mol. The number of piperidine rings is 1. The Morgan fingerprint density at radius 3 is 2.49 bits per heavy atom. The summed E-state index contributed by atoms with van der Waals surface area (Å²) in [5.41, 5.74) is 4.10. The van der Waals surface area contributed by atoms with E-state index in [0.717, 1.165) is 32.1 Å². The highest BCUT2D eigenvalue weighted by Crippen LogP contribution is 2.45. The number of hydrogen-bond acceptors (Lipinski definition) is 9. The molecule has 41 heavy (non-hydrogen) atoms. The second-order valence-corrected chi connectivity index (χ2v) is 12.7. The Kier molecular flexibility index (Phi) is 8.02. The molecule has 0 radical (unpaired) electrons. The van der Waals surface area contributed by atoms with Crippen molar-refractivity contribution >= 4 is 27.5 Å². The summed E-state index contributed by atoms with van der Waals surface area (Å²) >= 11 is 0. The molecule has 0 saturated carbocycles. The first-order valence-corrected chi connectivity index (χ1v) is 15.0. The average molecular weight is 600 g/mol. The molecular weight excluding hydrogens is 563 g/mol. The number of fused-ring (bicyclic) bond motifs is 1. The molecule has 5 N–H and O–H groups in total. The number of aromatic nitrogens is 1. The van der Waals surface area contributed by atoms with Crippen LogP contribution in [0.25, 0.3) is 0 Å². The number of guanidine groups is 1. The molecule has 2 fully saturated rings. The number of anilines is 2. The van der Waals surface area contributed by atoms with Gasteiger partial charge in [0.1, 0.15) is 17.2 Å². The Morgan fingerprint density at radius 1 is 1.20 bits per heavy atom. The van der Waals surface area contributed by atoms with E-state index in [1.807, 2.05) is 0 Å². The maximum Gasteiger partial charge on any atom is 0.418 e. The summed E-state index contributed by atoms with van der Waals surface area (Å²) in [6.45, 7) is 7.33. The van der Waals surface area contributed by atoms with Crippen LogP contribution in [0, 0.1) is 5.92 Å². The van der Waals surface area contributed by atoms with E-state index in [1.54, 1.807) is 13.8 Å². The van der Waals surface area contributed by atoms with Gasteiger partial charge in [-0.3, -0.25) is 4.90 Å². The van der Waals surface area contributed by atoms with Gasteiger partial charge in [0.2, 0.25) is 16.0 Å². The van der Waals surface area contributed by atoms with Crippen molar-refractivity contribution in [2.24, 2.45) is 16.6 Å². The summed E-state index contributed by atoms with van der Waals surface area (Å²) in [4.78, 5) is 9.49. The molecule has 0 amide bonds. The molecule has 5 rings (SSSR count).